The lowest BCUT2D eigenvalue weighted by molar-refractivity contribution is -0.380. The minimum atomic E-state index is -2.04. The molecular weight excluding hydrogens is 1340 g/mol. The lowest BCUT2D eigenvalue weighted by Crippen LogP contribution is -2.65. The van der Waals surface area contributed by atoms with Crippen LogP contribution in [0.25, 0.3) is 0 Å². The van der Waals surface area contributed by atoms with Gasteiger partial charge in [0.05, 0.1) is 63.6 Å². The molecule has 580 valence electrons. The topological polar surface area (TPSA) is 556 Å². The van der Waals surface area contributed by atoms with Gasteiger partial charge in [0.1, 0.15) is 146 Å². The summed E-state index contributed by atoms with van der Waals surface area (Å²) in [5.41, 5.74) is -2.71. The predicted octanol–water partition coefficient (Wildman–Crippen LogP) is -7.58. The lowest BCUT2D eigenvalue weighted by Gasteiger charge is -2.67. The Kier molecular flexibility index (Phi) is 25.5. The molecule has 3 saturated carbocycles. The molecule has 0 amide bonds. The highest BCUT2D eigenvalue weighted by Crippen LogP contribution is 2.75. The average Bonchev–Trinajstić information content (AvgIpc) is 1.32. The molecule has 34 nitrogen and oxygen atoms in total. The van der Waals surface area contributed by atoms with Crippen LogP contribution in [0.5, 0.6) is 0 Å². The van der Waals surface area contributed by atoms with Crippen LogP contribution in [0.1, 0.15) is 107 Å². The van der Waals surface area contributed by atoms with Gasteiger partial charge < -0.3 is 169 Å². The average molecular weight is 1450 g/mol. The van der Waals surface area contributed by atoms with Crippen molar-refractivity contribution in [3.05, 3.63) is 11.6 Å². The number of hydrogen-bond donors (Lipinski definition) is 22. The van der Waals surface area contributed by atoms with E-state index in [1.807, 2.05) is 13.8 Å². The van der Waals surface area contributed by atoms with Crippen LogP contribution >= 0.6 is 0 Å². The number of allylic oxidation sites excluding steroid dienone is 1. The van der Waals surface area contributed by atoms with Crippen molar-refractivity contribution >= 4 is 0 Å². The molecule has 20 unspecified atom stereocenters. The molecule has 6 saturated heterocycles. The van der Waals surface area contributed by atoms with Crippen LogP contribution in [0.3, 0.4) is 0 Å². The normalized spacial score (nSPS) is 52.1. The second-order valence-electron chi connectivity index (χ2n) is 31.6. The Hall–Kier alpha value is -1.62. The Morgan fingerprint density at radius 3 is 1.30 bits per heavy atom. The van der Waals surface area contributed by atoms with Crippen molar-refractivity contribution in [2.45, 2.75) is 315 Å². The zero-order valence-corrected chi connectivity index (χ0v) is 57.6. The van der Waals surface area contributed by atoms with Gasteiger partial charge >= 0.3 is 0 Å². The first-order valence-corrected chi connectivity index (χ1v) is 35.1. The highest BCUT2D eigenvalue weighted by molar-refractivity contribution is 5.32. The molecule has 10 aliphatic rings. The smallest absolute Gasteiger partial charge is 0.187 e. The summed E-state index contributed by atoms with van der Waals surface area (Å²) in [6, 6.07) is 0. The van der Waals surface area contributed by atoms with Crippen LogP contribution in [-0.2, 0) is 56.8 Å². The van der Waals surface area contributed by atoms with E-state index in [4.69, 9.17) is 56.8 Å². The van der Waals surface area contributed by atoms with Crippen LogP contribution in [0.15, 0.2) is 11.6 Å². The van der Waals surface area contributed by atoms with Gasteiger partial charge in [0.25, 0.3) is 0 Å². The number of aliphatic hydroxyl groups excluding tert-OH is 21. The van der Waals surface area contributed by atoms with Gasteiger partial charge in [-0.1, -0.05) is 53.2 Å². The summed E-state index contributed by atoms with van der Waals surface area (Å²) in [6.07, 6.45) is -47.9. The molecule has 34 heteroatoms. The molecule has 100 heavy (non-hydrogen) atoms. The van der Waals surface area contributed by atoms with Crippen molar-refractivity contribution in [2.24, 2.45) is 45.3 Å². The minimum Gasteiger partial charge on any atom is -0.394 e. The number of fused-ring (bicyclic) bond motifs is 5. The first-order chi connectivity index (χ1) is 46.8. The molecule has 22 N–H and O–H groups in total. The predicted molar refractivity (Wildman–Crippen MR) is 333 cm³/mol. The molecule has 0 aromatic heterocycles. The fourth-order valence-corrected chi connectivity index (χ4v) is 18.4. The van der Waals surface area contributed by atoms with Gasteiger partial charge in [-0.2, -0.15) is 0 Å². The summed E-state index contributed by atoms with van der Waals surface area (Å²) in [5.74, 6) is -0.169. The fourth-order valence-electron chi connectivity index (χ4n) is 18.4. The molecule has 0 aromatic carbocycles. The Bertz CT molecular complexity index is 2670. The molecule has 9 fully saturated rings. The largest absolute Gasteiger partial charge is 0.394 e. The van der Waals surface area contributed by atoms with E-state index in [1.54, 1.807) is 0 Å². The zero-order chi connectivity index (χ0) is 73.5. The first kappa shape index (κ1) is 80.9. The quantitative estimate of drug-likeness (QED) is 0.0423. The summed E-state index contributed by atoms with van der Waals surface area (Å²) < 4.78 is 70.9. The number of hydrogen-bond acceptors (Lipinski definition) is 34. The van der Waals surface area contributed by atoms with E-state index >= 15 is 0 Å². The third-order valence-electron chi connectivity index (χ3n) is 25.0. The summed E-state index contributed by atoms with van der Waals surface area (Å²) >= 11 is 0. The molecule has 0 radical (unpaired) electrons. The number of rotatable bonds is 23. The molecular formula is C66H112O34. The van der Waals surface area contributed by atoms with Gasteiger partial charge in [-0.05, 0) is 99.7 Å². The second kappa shape index (κ2) is 31.5. The van der Waals surface area contributed by atoms with E-state index in [1.165, 1.54) is 13.8 Å². The molecule has 6 heterocycles. The summed E-state index contributed by atoms with van der Waals surface area (Å²) in [7, 11) is 0. The molecule has 0 spiro atoms. The van der Waals surface area contributed by atoms with Crippen molar-refractivity contribution in [2.75, 3.05) is 39.6 Å². The van der Waals surface area contributed by atoms with Crippen LogP contribution in [-0.4, -0.2) is 360 Å². The number of aliphatic hydroxyl groups is 22. The molecule has 0 bridgehead atoms. The van der Waals surface area contributed by atoms with Crippen LogP contribution in [0.4, 0.5) is 0 Å². The Morgan fingerprint density at radius 2 is 0.850 bits per heavy atom. The maximum absolute atomic E-state index is 12.9. The molecule has 6 aliphatic heterocycles. The van der Waals surface area contributed by atoms with Crippen LogP contribution in [0.2, 0.25) is 0 Å². The fraction of sp³-hybridized carbons (Fsp3) is 0.970. The van der Waals surface area contributed by atoms with Gasteiger partial charge in [0.15, 0.2) is 37.7 Å². The molecule has 40 atom stereocenters. The van der Waals surface area contributed by atoms with Crippen LogP contribution < -0.4 is 0 Å². The van der Waals surface area contributed by atoms with E-state index in [0.29, 0.717) is 32.1 Å². The third kappa shape index (κ3) is 14.9. The molecule has 0 aromatic rings. The summed E-state index contributed by atoms with van der Waals surface area (Å²) in [4.78, 5) is 0. The van der Waals surface area contributed by atoms with Crippen molar-refractivity contribution in [1.29, 1.82) is 0 Å². The van der Waals surface area contributed by atoms with Gasteiger partial charge in [0, 0.05) is 10.8 Å². The molecule has 10 rings (SSSR count). The van der Waals surface area contributed by atoms with Gasteiger partial charge in [-0.25, -0.2) is 0 Å². The van der Waals surface area contributed by atoms with Crippen molar-refractivity contribution < 1.29 is 169 Å². The van der Waals surface area contributed by atoms with E-state index < -0.39 is 264 Å². The van der Waals surface area contributed by atoms with Gasteiger partial charge in [0.2, 0.25) is 0 Å². The maximum Gasteiger partial charge on any atom is 0.187 e. The molecule has 4 aliphatic carbocycles. The summed E-state index contributed by atoms with van der Waals surface area (Å²) in [5, 5.41) is 239. The monoisotopic (exact) mass is 1450 g/mol. The van der Waals surface area contributed by atoms with E-state index in [0.717, 1.165) is 18.4 Å². The van der Waals surface area contributed by atoms with E-state index in [9.17, 15) is 112 Å². The highest BCUT2D eigenvalue weighted by atomic mass is 16.8. The standard InChI is InChI=1S/C66H112O34/c1-24(25-15-16-64(6)34-12-10-26-27(66(34,8)35(70)17-65(25,64)7)11-14-36(62(26,2)3)98-59-53(86)48(81)42(75)32(96-59)22-90-57-51(84)45(78)39(72)29(19-68)93-57)9-13-37(63(4,5)88)99-61-55(100-60-54(87)46(79)40(73)30(20-69)94-60)49(82)43(76)33(97-61)23-91-58-52(85)47(80)41(74)31(95-58)21-89-56-50(83)44(77)38(71)28(18-67)92-56/h10,24-25,27-61,67-88H,9,11-23H2,1-8H3/t24-,25-,27-,28?,29?,30?,31?,32?,33?,34?,35-,36+,37?,38-,39?,40-,41-,42?,43-,44+,45?,46+,47+,48?,49+,50?,51?,52?,53?,54?,55?,56-,57?,58-,59?,60+,61+,64+,65-,66+/m1/s1. The lowest BCUT2D eigenvalue weighted by atomic mass is 9.38. The van der Waals surface area contributed by atoms with Crippen LogP contribution in [0, 0.1) is 45.3 Å². The van der Waals surface area contributed by atoms with Gasteiger partial charge in [-0.3, -0.25) is 0 Å². The maximum atomic E-state index is 12.9. The first-order valence-electron chi connectivity index (χ1n) is 35.1. The second-order valence-corrected chi connectivity index (χ2v) is 31.6. The van der Waals surface area contributed by atoms with E-state index in [-0.39, 0.29) is 35.5 Å². The van der Waals surface area contributed by atoms with Crippen molar-refractivity contribution in [3.8, 4) is 0 Å². The minimum absolute atomic E-state index is 0.00195. The highest BCUT2D eigenvalue weighted by Gasteiger charge is 2.71. The Morgan fingerprint density at radius 1 is 0.460 bits per heavy atom. The van der Waals surface area contributed by atoms with Crippen molar-refractivity contribution in [1.82, 2.24) is 0 Å². The van der Waals surface area contributed by atoms with E-state index in [2.05, 4.69) is 33.8 Å². The summed E-state index contributed by atoms with van der Waals surface area (Å²) in [6.45, 7) is 11.5. The number of ether oxygens (including phenoxy) is 12. The SMILES string of the molecule is C[C@H](CCC(O[C@@H]1OC(CO[C@@H]2OC(CO[C@@H]3OC(CO)[C@@H](O)[C@H](O)C3O)[C@@H](O)[C@H](O)C2O)[C@@H](O)[C@H](O)C1O[C@@H]1OC(CO)[C@@H](O)[C@H](O)C1O)C(C)(C)O)[C@H]1CC[C@@]2(C)C3CC=C4[C@@H](CC[C@H](OC5OC(COC6OC(CO)C(O)C(O)C6O)C(O)C(O)C5O)C4(C)C)[C@]3(C)[C@H](O)C[C@]12C. The Labute approximate surface area is 579 Å². The van der Waals surface area contributed by atoms with Crippen molar-refractivity contribution in [3.63, 3.8) is 0 Å². The van der Waals surface area contributed by atoms with Gasteiger partial charge in [-0.15, -0.1) is 0 Å². The third-order valence-corrected chi connectivity index (χ3v) is 25.0. The zero-order valence-electron chi connectivity index (χ0n) is 57.6. The Balaban J connectivity index is 0.815.